The number of carboxylic acid groups (broad SMARTS) is 1. The third-order valence-electron chi connectivity index (χ3n) is 5.87. The number of ether oxygens (including phenoxy) is 2. The SMILES string of the molecule is COc1ccc(N2CCN(C(=O)C3C4CCC(O4)C3C(=O)O)CC2)cc1. The molecular formula is C19H24N2O5. The summed E-state index contributed by atoms with van der Waals surface area (Å²) in [4.78, 5) is 28.6. The van der Waals surface area contributed by atoms with Crippen LogP contribution >= 0.6 is 0 Å². The Bertz CT molecular complexity index is 684. The van der Waals surface area contributed by atoms with Crippen molar-refractivity contribution in [1.82, 2.24) is 4.90 Å². The fourth-order valence-corrected chi connectivity index (χ4v) is 4.49. The molecular weight excluding hydrogens is 336 g/mol. The summed E-state index contributed by atoms with van der Waals surface area (Å²) < 4.78 is 10.9. The van der Waals surface area contributed by atoms with Gasteiger partial charge in [0, 0.05) is 31.9 Å². The number of carbonyl (C=O) groups is 2. The lowest BCUT2D eigenvalue weighted by Gasteiger charge is -2.38. The lowest BCUT2D eigenvalue weighted by Crippen LogP contribution is -2.53. The van der Waals surface area contributed by atoms with Gasteiger partial charge < -0.3 is 24.4 Å². The third kappa shape index (κ3) is 2.90. The minimum absolute atomic E-state index is 0.0565. The summed E-state index contributed by atoms with van der Waals surface area (Å²) in [5.74, 6) is -1.37. The molecule has 26 heavy (non-hydrogen) atoms. The molecule has 4 atom stereocenters. The van der Waals surface area contributed by atoms with Crippen molar-refractivity contribution in [2.75, 3.05) is 38.2 Å². The molecule has 2 bridgehead atoms. The Morgan fingerprint density at radius 2 is 1.65 bits per heavy atom. The fourth-order valence-electron chi connectivity index (χ4n) is 4.49. The first-order valence-electron chi connectivity index (χ1n) is 9.14. The second kappa shape index (κ2) is 6.79. The summed E-state index contributed by atoms with van der Waals surface area (Å²) >= 11 is 0. The van der Waals surface area contributed by atoms with Gasteiger partial charge in [-0.25, -0.2) is 0 Å². The van der Waals surface area contributed by atoms with Gasteiger partial charge in [-0.15, -0.1) is 0 Å². The van der Waals surface area contributed by atoms with Crippen LogP contribution in [0.4, 0.5) is 5.69 Å². The number of hydrogen-bond acceptors (Lipinski definition) is 5. The third-order valence-corrected chi connectivity index (χ3v) is 5.87. The maximum absolute atomic E-state index is 13.0. The number of nitrogens with zero attached hydrogens (tertiary/aromatic N) is 2. The molecule has 0 spiro atoms. The Morgan fingerprint density at radius 1 is 1.04 bits per heavy atom. The summed E-state index contributed by atoms with van der Waals surface area (Å²) in [5, 5.41) is 9.52. The molecule has 0 aromatic heterocycles. The van der Waals surface area contributed by atoms with Crippen molar-refractivity contribution in [2.24, 2.45) is 11.8 Å². The normalized spacial score (nSPS) is 30.5. The Balaban J connectivity index is 1.39. The topological polar surface area (TPSA) is 79.3 Å². The molecule has 140 valence electrons. The van der Waals surface area contributed by atoms with Crippen LogP contribution in [0.15, 0.2) is 24.3 Å². The van der Waals surface area contributed by atoms with Crippen LogP contribution in [0.1, 0.15) is 12.8 Å². The average molecular weight is 360 g/mol. The maximum atomic E-state index is 13.0. The molecule has 0 aliphatic carbocycles. The van der Waals surface area contributed by atoms with Crippen molar-refractivity contribution in [3.8, 4) is 5.75 Å². The van der Waals surface area contributed by atoms with Gasteiger partial charge in [-0.3, -0.25) is 9.59 Å². The molecule has 1 aromatic rings. The molecule has 3 saturated heterocycles. The van der Waals surface area contributed by atoms with Gasteiger partial charge in [-0.05, 0) is 37.1 Å². The van der Waals surface area contributed by atoms with E-state index in [2.05, 4.69) is 4.90 Å². The van der Waals surface area contributed by atoms with E-state index in [1.54, 1.807) is 7.11 Å². The quantitative estimate of drug-likeness (QED) is 0.870. The molecule has 7 nitrogen and oxygen atoms in total. The monoisotopic (exact) mass is 360 g/mol. The van der Waals surface area contributed by atoms with Crippen LogP contribution < -0.4 is 9.64 Å². The highest BCUT2D eigenvalue weighted by Crippen LogP contribution is 2.44. The van der Waals surface area contributed by atoms with E-state index in [0.29, 0.717) is 13.1 Å². The highest BCUT2D eigenvalue weighted by molar-refractivity contribution is 5.86. The largest absolute Gasteiger partial charge is 0.497 e. The van der Waals surface area contributed by atoms with Gasteiger partial charge in [-0.1, -0.05) is 0 Å². The molecule has 4 rings (SSSR count). The zero-order valence-electron chi connectivity index (χ0n) is 14.8. The molecule has 3 aliphatic rings. The van der Waals surface area contributed by atoms with E-state index >= 15 is 0 Å². The Hall–Kier alpha value is -2.28. The standard InChI is InChI=1S/C19H24N2O5/c1-25-13-4-2-12(3-5-13)20-8-10-21(11-9-20)18(22)16-14-6-7-15(26-14)17(16)19(23)24/h2-5,14-17H,6-11H2,1H3,(H,23,24). The predicted octanol–water partition coefficient (Wildman–Crippen LogP) is 1.22. The van der Waals surface area contributed by atoms with Crippen LogP contribution in [0.3, 0.4) is 0 Å². The highest BCUT2D eigenvalue weighted by atomic mass is 16.5. The number of carboxylic acids is 1. The predicted molar refractivity (Wildman–Crippen MR) is 94.3 cm³/mol. The van der Waals surface area contributed by atoms with E-state index in [1.807, 2.05) is 29.2 Å². The number of amides is 1. The van der Waals surface area contributed by atoms with Crippen molar-refractivity contribution in [1.29, 1.82) is 0 Å². The van der Waals surface area contributed by atoms with Crippen LogP contribution in [-0.2, 0) is 14.3 Å². The molecule has 7 heteroatoms. The summed E-state index contributed by atoms with van der Waals surface area (Å²) in [6.07, 6.45) is 1.01. The molecule has 3 fully saturated rings. The smallest absolute Gasteiger partial charge is 0.310 e. The fraction of sp³-hybridized carbons (Fsp3) is 0.579. The van der Waals surface area contributed by atoms with Crippen LogP contribution in [0, 0.1) is 11.8 Å². The number of benzene rings is 1. The van der Waals surface area contributed by atoms with Gasteiger partial charge in [0.05, 0.1) is 31.2 Å². The lowest BCUT2D eigenvalue weighted by molar-refractivity contribution is -0.151. The number of carbonyl (C=O) groups excluding carboxylic acids is 1. The van der Waals surface area contributed by atoms with Gasteiger partial charge in [0.2, 0.25) is 5.91 Å². The van der Waals surface area contributed by atoms with Crippen molar-refractivity contribution in [2.45, 2.75) is 25.0 Å². The van der Waals surface area contributed by atoms with Crippen LogP contribution in [0.5, 0.6) is 5.75 Å². The van der Waals surface area contributed by atoms with Gasteiger partial charge in [0.15, 0.2) is 0 Å². The van der Waals surface area contributed by atoms with E-state index in [4.69, 9.17) is 9.47 Å². The first-order valence-corrected chi connectivity index (χ1v) is 9.14. The van der Waals surface area contributed by atoms with Crippen molar-refractivity contribution < 1.29 is 24.2 Å². The van der Waals surface area contributed by atoms with Gasteiger partial charge in [-0.2, -0.15) is 0 Å². The van der Waals surface area contributed by atoms with Crippen molar-refractivity contribution >= 4 is 17.6 Å². The maximum Gasteiger partial charge on any atom is 0.310 e. The van der Waals surface area contributed by atoms with Crippen LogP contribution in [0.2, 0.25) is 0 Å². The minimum Gasteiger partial charge on any atom is -0.497 e. The second-order valence-electron chi connectivity index (χ2n) is 7.19. The van der Waals surface area contributed by atoms with E-state index in [0.717, 1.165) is 37.4 Å². The summed E-state index contributed by atoms with van der Waals surface area (Å²) in [6.45, 7) is 2.67. The van der Waals surface area contributed by atoms with Gasteiger partial charge in [0.25, 0.3) is 0 Å². The number of fused-ring (bicyclic) bond motifs is 2. The average Bonchev–Trinajstić information content (AvgIpc) is 3.29. The molecule has 1 N–H and O–H groups in total. The van der Waals surface area contributed by atoms with E-state index < -0.39 is 17.8 Å². The number of methoxy groups -OCH3 is 1. The molecule has 0 saturated carbocycles. The lowest BCUT2D eigenvalue weighted by atomic mass is 9.78. The number of aliphatic carboxylic acids is 1. The zero-order chi connectivity index (χ0) is 18.3. The number of rotatable bonds is 4. The molecule has 3 aliphatic heterocycles. The zero-order valence-corrected chi connectivity index (χ0v) is 14.8. The van der Waals surface area contributed by atoms with E-state index in [-0.39, 0.29) is 18.1 Å². The Morgan fingerprint density at radius 3 is 2.23 bits per heavy atom. The minimum atomic E-state index is -0.910. The van der Waals surface area contributed by atoms with Gasteiger partial charge in [0.1, 0.15) is 5.75 Å². The Labute approximate surface area is 152 Å². The highest BCUT2D eigenvalue weighted by Gasteiger charge is 2.56. The molecule has 3 heterocycles. The summed E-state index contributed by atoms with van der Waals surface area (Å²) in [6, 6.07) is 7.88. The summed E-state index contributed by atoms with van der Waals surface area (Å²) in [5.41, 5.74) is 1.10. The van der Waals surface area contributed by atoms with E-state index in [1.165, 1.54) is 0 Å². The first kappa shape index (κ1) is 17.1. The van der Waals surface area contributed by atoms with Crippen LogP contribution in [-0.4, -0.2) is 67.4 Å². The van der Waals surface area contributed by atoms with Crippen molar-refractivity contribution in [3.05, 3.63) is 24.3 Å². The first-order chi connectivity index (χ1) is 12.6. The molecule has 0 radical (unpaired) electrons. The van der Waals surface area contributed by atoms with Crippen LogP contribution in [0.25, 0.3) is 0 Å². The van der Waals surface area contributed by atoms with Gasteiger partial charge >= 0.3 is 5.97 Å². The van der Waals surface area contributed by atoms with Crippen molar-refractivity contribution in [3.63, 3.8) is 0 Å². The van der Waals surface area contributed by atoms with E-state index in [9.17, 15) is 14.7 Å². The number of piperazine rings is 1. The number of hydrogen-bond donors (Lipinski definition) is 1. The molecule has 1 aromatic carbocycles. The Kier molecular flexibility index (Phi) is 4.48. The summed E-state index contributed by atoms with van der Waals surface area (Å²) in [7, 11) is 1.64. The second-order valence-corrected chi connectivity index (χ2v) is 7.19. The molecule has 4 unspecified atom stereocenters. The molecule has 1 amide bonds. The number of anilines is 1.